The van der Waals surface area contributed by atoms with E-state index in [1.807, 2.05) is 0 Å². The van der Waals surface area contributed by atoms with E-state index in [1.165, 1.54) is 19.5 Å². The number of benzene rings is 1. The fourth-order valence-corrected chi connectivity index (χ4v) is 2.08. The number of hydrogen-bond acceptors (Lipinski definition) is 5. The Morgan fingerprint density at radius 3 is 2.71 bits per heavy atom. The van der Waals surface area contributed by atoms with E-state index in [2.05, 4.69) is 43.5 Å². The Kier molecular flexibility index (Phi) is 5.32. The fourth-order valence-electron chi connectivity index (χ4n) is 1.74. The maximum atomic E-state index is 13.9. The van der Waals surface area contributed by atoms with Crippen molar-refractivity contribution in [3.8, 4) is 5.75 Å². The fraction of sp³-hybridized carbons (Fsp3) is 0.286. The van der Waals surface area contributed by atoms with Gasteiger partial charge in [-0.3, -0.25) is 0 Å². The molecule has 0 spiro atoms. The Bertz CT molecular complexity index is 624. The monoisotopic (exact) mass is 354 g/mol. The van der Waals surface area contributed by atoms with Gasteiger partial charge in [-0.2, -0.15) is 0 Å². The first-order valence-electron chi connectivity index (χ1n) is 6.50. The summed E-state index contributed by atoms with van der Waals surface area (Å²) < 4.78 is 19.9. The molecule has 0 fully saturated rings. The number of halogens is 2. The van der Waals surface area contributed by atoms with Crippen LogP contribution in [0.5, 0.6) is 5.75 Å². The average Bonchev–Trinajstić information content (AvgIpc) is 2.48. The summed E-state index contributed by atoms with van der Waals surface area (Å²) in [5.74, 6) is 1.06. The highest BCUT2D eigenvalue weighted by molar-refractivity contribution is 9.10. The SMILES string of the molecule is CCCNc1ncnc(Nc2ccc(Br)cc2F)c1OC. The highest BCUT2D eigenvalue weighted by atomic mass is 79.9. The molecular formula is C14H16BrFN4O. The van der Waals surface area contributed by atoms with Crippen molar-refractivity contribution in [2.45, 2.75) is 13.3 Å². The van der Waals surface area contributed by atoms with E-state index in [0.29, 0.717) is 27.5 Å². The molecule has 21 heavy (non-hydrogen) atoms. The Morgan fingerprint density at radius 2 is 2.05 bits per heavy atom. The normalized spacial score (nSPS) is 10.3. The topological polar surface area (TPSA) is 59.1 Å². The molecule has 1 aromatic carbocycles. The second-order valence-electron chi connectivity index (χ2n) is 4.28. The molecule has 1 heterocycles. The zero-order valence-corrected chi connectivity index (χ0v) is 13.4. The summed E-state index contributed by atoms with van der Waals surface area (Å²) >= 11 is 3.22. The number of nitrogens with one attached hydrogen (secondary N) is 2. The van der Waals surface area contributed by atoms with Crippen LogP contribution in [0.2, 0.25) is 0 Å². The van der Waals surface area contributed by atoms with Crippen LogP contribution in [0.1, 0.15) is 13.3 Å². The molecule has 0 aliphatic rings. The Morgan fingerprint density at radius 1 is 1.29 bits per heavy atom. The largest absolute Gasteiger partial charge is 0.490 e. The van der Waals surface area contributed by atoms with E-state index in [4.69, 9.17) is 4.74 Å². The molecule has 7 heteroatoms. The molecule has 0 saturated heterocycles. The molecule has 2 N–H and O–H groups in total. The van der Waals surface area contributed by atoms with E-state index >= 15 is 0 Å². The first kappa shape index (κ1) is 15.5. The minimum atomic E-state index is -0.381. The van der Waals surface area contributed by atoms with Gasteiger partial charge in [0.05, 0.1) is 12.8 Å². The van der Waals surface area contributed by atoms with Crippen LogP contribution in [0.4, 0.5) is 21.7 Å². The molecule has 0 atom stereocenters. The standard InChI is InChI=1S/C14H16BrFN4O/c1-3-6-17-13-12(21-2)14(19-8-18-13)20-11-5-4-9(15)7-10(11)16/h4-5,7-8H,3,6H2,1-2H3,(H2,17,18,19,20). The zero-order chi connectivity index (χ0) is 15.2. The summed E-state index contributed by atoms with van der Waals surface area (Å²) in [5, 5.41) is 6.07. The summed E-state index contributed by atoms with van der Waals surface area (Å²) in [6, 6.07) is 4.75. The predicted molar refractivity (Wildman–Crippen MR) is 84.7 cm³/mol. The van der Waals surface area contributed by atoms with Gasteiger partial charge >= 0.3 is 0 Å². The summed E-state index contributed by atoms with van der Waals surface area (Å²) in [6.07, 6.45) is 2.36. The molecule has 0 amide bonds. The van der Waals surface area contributed by atoms with Crippen molar-refractivity contribution in [3.63, 3.8) is 0 Å². The van der Waals surface area contributed by atoms with Crippen LogP contribution in [0.3, 0.4) is 0 Å². The first-order valence-corrected chi connectivity index (χ1v) is 7.30. The van der Waals surface area contributed by atoms with Crippen LogP contribution >= 0.6 is 15.9 Å². The van der Waals surface area contributed by atoms with Crippen molar-refractivity contribution >= 4 is 33.3 Å². The van der Waals surface area contributed by atoms with Crippen molar-refractivity contribution in [2.24, 2.45) is 0 Å². The summed E-state index contributed by atoms with van der Waals surface area (Å²) in [4.78, 5) is 8.25. The lowest BCUT2D eigenvalue weighted by atomic mass is 10.3. The molecule has 112 valence electrons. The van der Waals surface area contributed by atoms with Gasteiger partial charge in [-0.1, -0.05) is 22.9 Å². The van der Waals surface area contributed by atoms with Crippen molar-refractivity contribution in [3.05, 3.63) is 34.8 Å². The Balaban J connectivity index is 2.30. The number of methoxy groups -OCH3 is 1. The van der Waals surface area contributed by atoms with E-state index in [9.17, 15) is 4.39 Å². The van der Waals surface area contributed by atoms with Crippen LogP contribution < -0.4 is 15.4 Å². The highest BCUT2D eigenvalue weighted by Crippen LogP contribution is 2.32. The smallest absolute Gasteiger partial charge is 0.204 e. The molecule has 2 rings (SSSR count). The third-order valence-electron chi connectivity index (χ3n) is 2.73. The van der Waals surface area contributed by atoms with Gasteiger partial charge in [0.1, 0.15) is 12.1 Å². The van der Waals surface area contributed by atoms with E-state index < -0.39 is 0 Å². The van der Waals surface area contributed by atoms with Crippen LogP contribution in [0.25, 0.3) is 0 Å². The minimum Gasteiger partial charge on any atom is -0.490 e. The number of aromatic nitrogens is 2. The molecule has 1 aromatic heterocycles. The lowest BCUT2D eigenvalue weighted by molar-refractivity contribution is 0.415. The molecule has 0 bridgehead atoms. The van der Waals surface area contributed by atoms with E-state index in [1.54, 1.807) is 12.1 Å². The maximum Gasteiger partial charge on any atom is 0.204 e. The third kappa shape index (κ3) is 3.81. The summed E-state index contributed by atoms with van der Waals surface area (Å²) in [5.41, 5.74) is 0.316. The van der Waals surface area contributed by atoms with Gasteiger partial charge in [0, 0.05) is 11.0 Å². The zero-order valence-electron chi connectivity index (χ0n) is 11.8. The number of rotatable bonds is 6. The Labute approximate surface area is 131 Å². The molecule has 5 nitrogen and oxygen atoms in total. The van der Waals surface area contributed by atoms with Gasteiger partial charge < -0.3 is 15.4 Å². The maximum absolute atomic E-state index is 13.9. The first-order chi connectivity index (χ1) is 10.2. The van der Waals surface area contributed by atoms with Gasteiger partial charge in [-0.25, -0.2) is 14.4 Å². The summed E-state index contributed by atoms with van der Waals surface area (Å²) in [7, 11) is 1.53. The van der Waals surface area contributed by atoms with Crippen LogP contribution in [0, 0.1) is 5.82 Å². The molecule has 2 aromatic rings. The van der Waals surface area contributed by atoms with Gasteiger partial charge in [-0.05, 0) is 24.6 Å². The van der Waals surface area contributed by atoms with Crippen molar-refractivity contribution in [2.75, 3.05) is 24.3 Å². The Hall–Kier alpha value is -1.89. The minimum absolute atomic E-state index is 0.316. The lowest BCUT2D eigenvalue weighted by Gasteiger charge is -2.14. The van der Waals surface area contributed by atoms with Crippen molar-refractivity contribution < 1.29 is 9.13 Å². The second-order valence-corrected chi connectivity index (χ2v) is 5.20. The number of anilines is 3. The lowest BCUT2D eigenvalue weighted by Crippen LogP contribution is -2.07. The molecule has 0 saturated carbocycles. The number of ether oxygens (including phenoxy) is 1. The average molecular weight is 355 g/mol. The van der Waals surface area contributed by atoms with Crippen LogP contribution in [0.15, 0.2) is 29.0 Å². The quantitative estimate of drug-likeness (QED) is 0.822. The molecule has 0 aliphatic heterocycles. The third-order valence-corrected chi connectivity index (χ3v) is 3.23. The molecule has 0 unspecified atom stereocenters. The number of hydrogen-bond donors (Lipinski definition) is 2. The molecule has 0 radical (unpaired) electrons. The second kappa shape index (κ2) is 7.21. The predicted octanol–water partition coefficient (Wildman–Crippen LogP) is 3.95. The van der Waals surface area contributed by atoms with Gasteiger partial charge in [0.25, 0.3) is 0 Å². The van der Waals surface area contributed by atoms with Gasteiger partial charge in [-0.15, -0.1) is 0 Å². The van der Waals surface area contributed by atoms with Crippen molar-refractivity contribution in [1.82, 2.24) is 9.97 Å². The van der Waals surface area contributed by atoms with E-state index in [-0.39, 0.29) is 5.82 Å². The van der Waals surface area contributed by atoms with Crippen LogP contribution in [-0.4, -0.2) is 23.6 Å². The molecular weight excluding hydrogens is 339 g/mol. The van der Waals surface area contributed by atoms with E-state index in [0.717, 1.165) is 13.0 Å². The highest BCUT2D eigenvalue weighted by Gasteiger charge is 2.13. The van der Waals surface area contributed by atoms with Gasteiger partial charge in [0.2, 0.25) is 5.75 Å². The number of nitrogens with zero attached hydrogens (tertiary/aromatic N) is 2. The van der Waals surface area contributed by atoms with Crippen LogP contribution in [-0.2, 0) is 0 Å². The van der Waals surface area contributed by atoms with Crippen molar-refractivity contribution in [1.29, 1.82) is 0 Å². The van der Waals surface area contributed by atoms with Gasteiger partial charge in [0.15, 0.2) is 11.6 Å². The summed E-state index contributed by atoms with van der Waals surface area (Å²) in [6.45, 7) is 2.82. The molecule has 0 aliphatic carbocycles.